The summed E-state index contributed by atoms with van der Waals surface area (Å²) in [6.45, 7) is 4.14. The molecule has 0 aromatic carbocycles. The van der Waals surface area contributed by atoms with E-state index in [0.717, 1.165) is 12.7 Å². The number of rotatable bonds is 1. The summed E-state index contributed by atoms with van der Waals surface area (Å²) >= 11 is 0. The molecule has 0 amide bonds. The second-order valence-corrected chi connectivity index (χ2v) is 4.27. The number of hydrogen-bond acceptors (Lipinski definition) is 2. The van der Waals surface area contributed by atoms with Gasteiger partial charge in [0.05, 0.1) is 5.92 Å². The molecule has 0 spiro atoms. The van der Waals surface area contributed by atoms with Crippen molar-refractivity contribution in [3.05, 3.63) is 11.6 Å². The summed E-state index contributed by atoms with van der Waals surface area (Å²) < 4.78 is 0. The molecule has 0 heterocycles. The average Bonchev–Trinajstić information content (AvgIpc) is 2.04. The molecule has 12 heavy (non-hydrogen) atoms. The van der Waals surface area contributed by atoms with Gasteiger partial charge in [-0.1, -0.05) is 19.9 Å². The molecule has 0 aliphatic heterocycles. The maximum Gasteiger partial charge on any atom is 0.146 e. The molecule has 0 N–H and O–H groups in total. The van der Waals surface area contributed by atoms with E-state index in [1.807, 2.05) is 6.08 Å². The lowest BCUT2D eigenvalue weighted by Gasteiger charge is -2.53. The minimum atomic E-state index is -0.103. The van der Waals surface area contributed by atoms with Crippen molar-refractivity contribution in [2.24, 2.45) is 17.3 Å². The van der Waals surface area contributed by atoms with Crippen molar-refractivity contribution in [2.75, 3.05) is 0 Å². The van der Waals surface area contributed by atoms with Gasteiger partial charge in [-0.15, -0.1) is 0 Å². The fourth-order valence-corrected chi connectivity index (χ4v) is 2.54. The molecule has 3 aliphatic carbocycles. The van der Waals surface area contributed by atoms with E-state index in [0.29, 0.717) is 5.57 Å². The summed E-state index contributed by atoms with van der Waals surface area (Å²) in [6, 6.07) is 0. The van der Waals surface area contributed by atoms with Crippen molar-refractivity contribution in [3.8, 4) is 0 Å². The van der Waals surface area contributed by atoms with Crippen LogP contribution in [0.2, 0.25) is 0 Å². The van der Waals surface area contributed by atoms with E-state index in [9.17, 15) is 9.59 Å². The van der Waals surface area contributed by atoms with E-state index in [-0.39, 0.29) is 23.0 Å². The first-order chi connectivity index (χ1) is 5.59. The van der Waals surface area contributed by atoms with Crippen molar-refractivity contribution in [1.29, 1.82) is 0 Å². The quantitative estimate of drug-likeness (QED) is 0.548. The molecule has 2 unspecified atom stereocenters. The number of ketones is 1. The van der Waals surface area contributed by atoms with Crippen LogP contribution < -0.4 is 0 Å². The predicted octanol–water partition coefficient (Wildman–Crippen LogP) is 1.36. The number of fused-ring (bicyclic) bond motifs is 1. The fraction of sp³-hybridized carbons (Fsp3) is 0.600. The van der Waals surface area contributed by atoms with Gasteiger partial charge in [0.15, 0.2) is 0 Å². The Morgan fingerprint density at radius 1 is 1.58 bits per heavy atom. The molecule has 0 radical (unpaired) electrons. The number of Topliss-reactive ketones (excluding diaryl/α,β-unsaturated/α-hetero) is 1. The summed E-state index contributed by atoms with van der Waals surface area (Å²) in [5, 5.41) is 0. The Bertz CT molecular complexity index is 286. The summed E-state index contributed by atoms with van der Waals surface area (Å²) in [7, 11) is 0. The van der Waals surface area contributed by atoms with E-state index in [1.165, 1.54) is 0 Å². The molecule has 64 valence electrons. The highest BCUT2D eigenvalue weighted by Gasteiger charge is 2.58. The average molecular weight is 164 g/mol. The minimum absolute atomic E-state index is 0.0298. The van der Waals surface area contributed by atoms with Crippen LogP contribution >= 0.6 is 0 Å². The van der Waals surface area contributed by atoms with Crippen LogP contribution in [0.1, 0.15) is 20.3 Å². The first-order valence-electron chi connectivity index (χ1n) is 4.28. The zero-order valence-corrected chi connectivity index (χ0v) is 7.33. The van der Waals surface area contributed by atoms with Crippen LogP contribution in [-0.4, -0.2) is 12.1 Å². The second kappa shape index (κ2) is 2.06. The molecule has 2 atom stereocenters. The highest BCUT2D eigenvalue weighted by Crippen LogP contribution is 2.55. The smallest absolute Gasteiger partial charge is 0.146 e. The van der Waals surface area contributed by atoms with E-state index in [4.69, 9.17) is 0 Å². The summed E-state index contributed by atoms with van der Waals surface area (Å²) in [4.78, 5) is 22.0. The molecule has 3 rings (SSSR count). The molecule has 2 bridgehead atoms. The normalized spacial score (nSPS) is 36.8. The van der Waals surface area contributed by atoms with Gasteiger partial charge in [0.25, 0.3) is 0 Å². The van der Waals surface area contributed by atoms with E-state index in [2.05, 4.69) is 13.8 Å². The molecule has 1 saturated carbocycles. The molecule has 2 nitrogen and oxygen atoms in total. The lowest BCUT2D eigenvalue weighted by molar-refractivity contribution is -0.151. The van der Waals surface area contributed by atoms with Gasteiger partial charge in [-0.2, -0.15) is 0 Å². The Balaban J connectivity index is 2.41. The second-order valence-electron chi connectivity index (χ2n) is 4.27. The third-order valence-electron chi connectivity index (χ3n) is 3.33. The van der Waals surface area contributed by atoms with Crippen LogP contribution in [0.25, 0.3) is 0 Å². The van der Waals surface area contributed by atoms with Crippen molar-refractivity contribution in [2.45, 2.75) is 20.3 Å². The fourth-order valence-electron chi connectivity index (χ4n) is 2.54. The first kappa shape index (κ1) is 7.71. The van der Waals surface area contributed by atoms with Gasteiger partial charge >= 0.3 is 0 Å². The number of carbonyl (C=O) groups is 2. The maximum absolute atomic E-state index is 11.4. The maximum atomic E-state index is 11.4. The minimum Gasteiger partial charge on any atom is -0.299 e. The van der Waals surface area contributed by atoms with Crippen molar-refractivity contribution < 1.29 is 9.59 Å². The molecule has 0 aromatic heterocycles. The predicted molar refractivity (Wildman–Crippen MR) is 44.5 cm³/mol. The van der Waals surface area contributed by atoms with Gasteiger partial charge in [0, 0.05) is 5.92 Å². The topological polar surface area (TPSA) is 34.1 Å². The standard InChI is InChI=1S/C10H12O2/c1-10(2)7-4-3-6(5-11)8(10)9(7)12/h3,5,7-8H,4H2,1-2H3. The van der Waals surface area contributed by atoms with E-state index in [1.54, 1.807) is 0 Å². The van der Waals surface area contributed by atoms with Gasteiger partial charge in [0.1, 0.15) is 12.1 Å². The zero-order chi connectivity index (χ0) is 8.93. The highest BCUT2D eigenvalue weighted by molar-refractivity contribution is 6.00. The van der Waals surface area contributed by atoms with Crippen LogP contribution in [0.15, 0.2) is 11.6 Å². The molecule has 0 aromatic rings. The van der Waals surface area contributed by atoms with Crippen LogP contribution in [0.3, 0.4) is 0 Å². The zero-order valence-electron chi connectivity index (χ0n) is 7.33. The van der Waals surface area contributed by atoms with Crippen LogP contribution in [0.5, 0.6) is 0 Å². The van der Waals surface area contributed by atoms with Gasteiger partial charge < -0.3 is 0 Å². The van der Waals surface area contributed by atoms with Gasteiger partial charge in [-0.25, -0.2) is 0 Å². The Hall–Kier alpha value is -0.920. The summed E-state index contributed by atoms with van der Waals surface area (Å²) in [6.07, 6.45) is 3.51. The molecule has 3 aliphatic rings. The molecule has 0 saturated heterocycles. The summed E-state index contributed by atoms with van der Waals surface area (Å²) in [5.41, 5.74) is 0.731. The van der Waals surface area contributed by atoms with Crippen molar-refractivity contribution >= 4 is 12.1 Å². The van der Waals surface area contributed by atoms with E-state index >= 15 is 0 Å². The molecule has 1 fully saturated rings. The Labute approximate surface area is 71.6 Å². The lowest BCUT2D eigenvalue weighted by Crippen LogP contribution is -2.57. The van der Waals surface area contributed by atoms with E-state index < -0.39 is 0 Å². The van der Waals surface area contributed by atoms with Gasteiger partial charge in [-0.05, 0) is 17.4 Å². The number of allylic oxidation sites excluding steroid dienone is 2. The van der Waals surface area contributed by atoms with Crippen molar-refractivity contribution in [1.82, 2.24) is 0 Å². The number of carbonyl (C=O) groups excluding carboxylic acids is 2. The largest absolute Gasteiger partial charge is 0.299 e. The number of hydrogen-bond donors (Lipinski definition) is 0. The van der Waals surface area contributed by atoms with Gasteiger partial charge in [0.2, 0.25) is 0 Å². The third-order valence-corrected chi connectivity index (χ3v) is 3.33. The first-order valence-corrected chi connectivity index (χ1v) is 4.28. The third kappa shape index (κ3) is 0.655. The highest BCUT2D eigenvalue weighted by atomic mass is 16.1. The molecular weight excluding hydrogens is 152 g/mol. The monoisotopic (exact) mass is 164 g/mol. The van der Waals surface area contributed by atoms with Crippen molar-refractivity contribution in [3.63, 3.8) is 0 Å². The van der Waals surface area contributed by atoms with Crippen LogP contribution in [0.4, 0.5) is 0 Å². The lowest BCUT2D eigenvalue weighted by atomic mass is 9.48. The van der Waals surface area contributed by atoms with Gasteiger partial charge in [-0.3, -0.25) is 9.59 Å². The Morgan fingerprint density at radius 3 is 2.58 bits per heavy atom. The molecular formula is C10H12O2. The SMILES string of the molecule is CC1(C)C2CC=C(C=O)C1C2=O. The Morgan fingerprint density at radius 2 is 2.25 bits per heavy atom. The van der Waals surface area contributed by atoms with Crippen LogP contribution in [0, 0.1) is 17.3 Å². The summed E-state index contributed by atoms with van der Waals surface area (Å²) in [5.74, 6) is 0.338. The number of aldehydes is 1. The molecule has 2 heteroatoms. The Kier molecular flexibility index (Phi) is 1.33. The van der Waals surface area contributed by atoms with Crippen LogP contribution in [-0.2, 0) is 9.59 Å².